The molecule has 3 nitrogen and oxygen atoms in total. The fraction of sp³-hybridized carbons (Fsp3) is 0.462. The molecule has 0 radical (unpaired) electrons. The first kappa shape index (κ1) is 11.0. The molecule has 1 aliphatic carbocycles. The molecule has 2 heterocycles. The monoisotopic (exact) mass is 248 g/mol. The Morgan fingerprint density at radius 2 is 2.29 bits per heavy atom. The van der Waals surface area contributed by atoms with Crippen molar-refractivity contribution in [2.24, 2.45) is 5.73 Å². The van der Waals surface area contributed by atoms with Gasteiger partial charge in [-0.15, -0.1) is 11.3 Å². The van der Waals surface area contributed by atoms with Crippen LogP contribution in [0.1, 0.15) is 28.5 Å². The molecular formula is C13H16N2OS. The van der Waals surface area contributed by atoms with Crippen molar-refractivity contribution < 1.29 is 4.42 Å². The maximum atomic E-state index is 5.51. The zero-order chi connectivity index (χ0) is 11.7. The number of furan rings is 1. The summed E-state index contributed by atoms with van der Waals surface area (Å²) in [7, 11) is 0. The average molecular weight is 248 g/mol. The van der Waals surface area contributed by atoms with Gasteiger partial charge in [0.05, 0.1) is 17.0 Å². The number of aromatic nitrogens is 1. The number of rotatable bonds is 4. The van der Waals surface area contributed by atoms with Crippen LogP contribution >= 0.6 is 11.3 Å². The third-order valence-corrected chi connectivity index (χ3v) is 4.34. The Morgan fingerprint density at radius 3 is 3.18 bits per heavy atom. The molecule has 1 aliphatic rings. The third kappa shape index (κ3) is 2.03. The van der Waals surface area contributed by atoms with Crippen molar-refractivity contribution in [2.45, 2.75) is 32.1 Å². The lowest BCUT2D eigenvalue weighted by molar-refractivity contribution is 0.508. The summed E-state index contributed by atoms with van der Waals surface area (Å²) < 4.78 is 5.47. The Balaban J connectivity index is 1.84. The maximum absolute atomic E-state index is 5.51. The second-order valence-electron chi connectivity index (χ2n) is 4.38. The minimum absolute atomic E-state index is 0.775. The smallest absolute Gasteiger partial charge is 0.113 e. The number of unbranched alkanes of at least 4 members (excludes halogenated alkanes) is 1. The van der Waals surface area contributed by atoms with Crippen LogP contribution in [0, 0.1) is 0 Å². The predicted molar refractivity (Wildman–Crippen MR) is 69.2 cm³/mol. The molecule has 2 aromatic heterocycles. The van der Waals surface area contributed by atoms with Gasteiger partial charge in [-0.3, -0.25) is 0 Å². The van der Waals surface area contributed by atoms with E-state index in [1.54, 1.807) is 6.26 Å². The van der Waals surface area contributed by atoms with E-state index < -0.39 is 0 Å². The van der Waals surface area contributed by atoms with Crippen LogP contribution in [-0.2, 0) is 19.3 Å². The molecule has 0 fully saturated rings. The molecule has 3 rings (SSSR count). The molecule has 0 spiro atoms. The van der Waals surface area contributed by atoms with Crippen LogP contribution < -0.4 is 5.73 Å². The molecule has 0 unspecified atom stereocenters. The Bertz CT molecular complexity index is 515. The van der Waals surface area contributed by atoms with Gasteiger partial charge in [-0.05, 0) is 38.3 Å². The summed E-state index contributed by atoms with van der Waals surface area (Å²) in [5.41, 5.74) is 7.87. The standard InChI is InChI=1S/C13H16N2OS/c14-7-2-1-3-12-15-13-9-6-8-16-10(9)4-5-11(13)17-12/h6,8H,1-5,7,14H2. The van der Waals surface area contributed by atoms with Crippen molar-refractivity contribution in [1.29, 1.82) is 0 Å². The van der Waals surface area contributed by atoms with Crippen LogP contribution in [0.25, 0.3) is 11.3 Å². The summed E-state index contributed by atoms with van der Waals surface area (Å²) in [6, 6.07) is 2.04. The number of aryl methyl sites for hydroxylation is 3. The van der Waals surface area contributed by atoms with E-state index in [1.807, 2.05) is 17.4 Å². The highest BCUT2D eigenvalue weighted by molar-refractivity contribution is 7.12. The molecule has 17 heavy (non-hydrogen) atoms. The van der Waals surface area contributed by atoms with E-state index in [2.05, 4.69) is 0 Å². The zero-order valence-electron chi connectivity index (χ0n) is 9.74. The van der Waals surface area contributed by atoms with E-state index >= 15 is 0 Å². The minimum Gasteiger partial charge on any atom is -0.469 e. The van der Waals surface area contributed by atoms with Crippen LogP contribution in [0.3, 0.4) is 0 Å². The molecule has 90 valence electrons. The third-order valence-electron chi connectivity index (χ3n) is 3.17. The van der Waals surface area contributed by atoms with Gasteiger partial charge in [-0.25, -0.2) is 4.98 Å². The fourth-order valence-corrected chi connectivity index (χ4v) is 3.40. The molecular weight excluding hydrogens is 232 g/mol. The molecule has 0 amide bonds. The summed E-state index contributed by atoms with van der Waals surface area (Å²) in [5.74, 6) is 1.09. The largest absolute Gasteiger partial charge is 0.469 e. The van der Waals surface area contributed by atoms with Crippen molar-refractivity contribution in [3.8, 4) is 11.3 Å². The van der Waals surface area contributed by atoms with Gasteiger partial charge in [0.15, 0.2) is 0 Å². The van der Waals surface area contributed by atoms with Gasteiger partial charge in [0.2, 0.25) is 0 Å². The number of hydrogen-bond donors (Lipinski definition) is 1. The molecule has 0 atom stereocenters. The molecule has 2 N–H and O–H groups in total. The van der Waals surface area contributed by atoms with Gasteiger partial charge in [-0.1, -0.05) is 0 Å². The molecule has 0 saturated heterocycles. The molecule has 0 aliphatic heterocycles. The topological polar surface area (TPSA) is 52.0 Å². The number of fused-ring (bicyclic) bond motifs is 3. The lowest BCUT2D eigenvalue weighted by atomic mass is 10.0. The van der Waals surface area contributed by atoms with E-state index in [9.17, 15) is 0 Å². The molecule has 2 aromatic rings. The lowest BCUT2D eigenvalue weighted by Gasteiger charge is -2.07. The normalized spacial score (nSPS) is 13.5. The summed E-state index contributed by atoms with van der Waals surface area (Å²) in [5, 5.41) is 1.25. The highest BCUT2D eigenvalue weighted by Gasteiger charge is 2.22. The van der Waals surface area contributed by atoms with Crippen LogP contribution in [0.4, 0.5) is 0 Å². The number of nitrogens with two attached hydrogens (primary N) is 1. The van der Waals surface area contributed by atoms with Crippen LogP contribution in [0.5, 0.6) is 0 Å². The first-order chi connectivity index (χ1) is 8.38. The SMILES string of the molecule is NCCCCc1nc2c(s1)CCc1occc1-2. The van der Waals surface area contributed by atoms with Gasteiger partial charge >= 0.3 is 0 Å². The Hall–Kier alpha value is -1.13. The highest BCUT2D eigenvalue weighted by Crippen LogP contribution is 2.37. The molecule has 0 aromatic carbocycles. The van der Waals surface area contributed by atoms with Gasteiger partial charge in [-0.2, -0.15) is 0 Å². The lowest BCUT2D eigenvalue weighted by Crippen LogP contribution is -1.99. The molecule has 0 saturated carbocycles. The zero-order valence-corrected chi connectivity index (χ0v) is 10.6. The Kier molecular flexibility index (Phi) is 2.99. The second kappa shape index (κ2) is 4.63. The fourth-order valence-electron chi connectivity index (χ4n) is 2.28. The van der Waals surface area contributed by atoms with E-state index in [1.165, 1.54) is 15.4 Å². The number of hydrogen-bond acceptors (Lipinski definition) is 4. The van der Waals surface area contributed by atoms with Crippen LogP contribution in [0.2, 0.25) is 0 Å². The molecule has 4 heteroatoms. The van der Waals surface area contributed by atoms with E-state index in [0.717, 1.165) is 50.1 Å². The Labute approximate surface area is 105 Å². The van der Waals surface area contributed by atoms with Crippen molar-refractivity contribution in [1.82, 2.24) is 4.98 Å². The first-order valence-corrected chi connectivity index (χ1v) is 6.95. The number of thiazole rings is 1. The van der Waals surface area contributed by atoms with Crippen molar-refractivity contribution >= 4 is 11.3 Å². The maximum Gasteiger partial charge on any atom is 0.113 e. The summed E-state index contributed by atoms with van der Waals surface area (Å²) in [4.78, 5) is 6.17. The van der Waals surface area contributed by atoms with Gasteiger partial charge in [0.25, 0.3) is 0 Å². The van der Waals surface area contributed by atoms with Crippen molar-refractivity contribution in [3.05, 3.63) is 28.0 Å². The average Bonchev–Trinajstić information content (AvgIpc) is 2.93. The van der Waals surface area contributed by atoms with E-state index in [4.69, 9.17) is 15.1 Å². The first-order valence-electron chi connectivity index (χ1n) is 6.14. The predicted octanol–water partition coefficient (Wildman–Crippen LogP) is 2.78. The quantitative estimate of drug-likeness (QED) is 0.846. The Morgan fingerprint density at radius 1 is 1.35 bits per heavy atom. The second-order valence-corrected chi connectivity index (χ2v) is 5.55. The minimum atomic E-state index is 0.775. The van der Waals surface area contributed by atoms with Crippen LogP contribution in [-0.4, -0.2) is 11.5 Å². The van der Waals surface area contributed by atoms with Gasteiger partial charge in [0.1, 0.15) is 5.76 Å². The van der Waals surface area contributed by atoms with E-state index in [0.29, 0.717) is 0 Å². The van der Waals surface area contributed by atoms with Crippen LogP contribution in [0.15, 0.2) is 16.7 Å². The van der Waals surface area contributed by atoms with Gasteiger partial charge in [0, 0.05) is 16.9 Å². The van der Waals surface area contributed by atoms with Gasteiger partial charge < -0.3 is 10.2 Å². The van der Waals surface area contributed by atoms with Crippen molar-refractivity contribution in [2.75, 3.05) is 6.54 Å². The van der Waals surface area contributed by atoms with Crippen molar-refractivity contribution in [3.63, 3.8) is 0 Å². The summed E-state index contributed by atoms with van der Waals surface area (Å²) in [6.07, 6.45) is 7.14. The highest BCUT2D eigenvalue weighted by atomic mass is 32.1. The van der Waals surface area contributed by atoms with E-state index in [-0.39, 0.29) is 0 Å². The summed E-state index contributed by atoms with van der Waals surface area (Å²) in [6.45, 7) is 0.775. The number of nitrogens with zero attached hydrogens (tertiary/aromatic N) is 1. The molecule has 0 bridgehead atoms. The summed E-state index contributed by atoms with van der Waals surface area (Å²) >= 11 is 1.86.